The van der Waals surface area contributed by atoms with Crippen molar-refractivity contribution in [3.05, 3.63) is 83.6 Å². The van der Waals surface area contributed by atoms with Crippen molar-refractivity contribution in [3.63, 3.8) is 0 Å². The molecule has 0 saturated carbocycles. The quantitative estimate of drug-likeness (QED) is 0.687. The zero-order valence-electron chi connectivity index (χ0n) is 17.4. The van der Waals surface area contributed by atoms with E-state index in [2.05, 4.69) is 12.1 Å². The number of likely N-dealkylation sites (tertiary alicyclic amines) is 1. The minimum atomic E-state index is -0.779. The van der Waals surface area contributed by atoms with Crippen LogP contribution in [0.4, 0.5) is 0 Å². The highest BCUT2D eigenvalue weighted by atomic mass is 16.6. The van der Waals surface area contributed by atoms with Crippen molar-refractivity contribution >= 4 is 11.9 Å². The Bertz CT molecular complexity index is 925. The molecule has 0 N–H and O–H groups in total. The number of fused-ring (bicyclic) bond motifs is 1. The lowest BCUT2D eigenvalue weighted by Crippen LogP contribution is -2.45. The van der Waals surface area contributed by atoms with Crippen LogP contribution in [0.2, 0.25) is 0 Å². The van der Waals surface area contributed by atoms with Crippen LogP contribution >= 0.6 is 0 Å². The normalized spacial score (nSPS) is 25.3. The molecule has 5 heteroatoms. The molecule has 0 radical (unpaired) electrons. The van der Waals surface area contributed by atoms with Crippen molar-refractivity contribution in [2.45, 2.75) is 39.0 Å². The predicted octanol–water partition coefficient (Wildman–Crippen LogP) is 3.74. The van der Waals surface area contributed by atoms with Crippen LogP contribution in [0.25, 0.3) is 0 Å². The van der Waals surface area contributed by atoms with Gasteiger partial charge in [0.05, 0.1) is 18.3 Å². The Kier molecular flexibility index (Phi) is 5.88. The molecule has 156 valence electrons. The maximum Gasteiger partial charge on any atom is 0.347 e. The molecule has 2 aromatic carbocycles. The molecule has 2 aromatic rings. The molecule has 4 unspecified atom stereocenters. The summed E-state index contributed by atoms with van der Waals surface area (Å²) in [4.78, 5) is 28.2. The van der Waals surface area contributed by atoms with Crippen molar-refractivity contribution in [1.29, 1.82) is 0 Å². The molecule has 2 aliphatic heterocycles. The molecule has 1 amide bonds. The third kappa shape index (κ3) is 3.97. The van der Waals surface area contributed by atoms with Gasteiger partial charge in [0, 0.05) is 18.5 Å². The molecule has 30 heavy (non-hydrogen) atoms. The fraction of sp³-hybridized carbons (Fsp3) is 0.360. The zero-order chi connectivity index (χ0) is 21.1. The van der Waals surface area contributed by atoms with Crippen molar-refractivity contribution < 1.29 is 19.1 Å². The molecule has 0 aromatic heterocycles. The van der Waals surface area contributed by atoms with E-state index in [-0.39, 0.29) is 30.4 Å². The zero-order valence-corrected chi connectivity index (χ0v) is 17.4. The van der Waals surface area contributed by atoms with Crippen LogP contribution in [-0.2, 0) is 32.0 Å². The second kappa shape index (κ2) is 8.74. The van der Waals surface area contributed by atoms with Crippen molar-refractivity contribution in [3.8, 4) is 0 Å². The van der Waals surface area contributed by atoms with E-state index in [0.717, 1.165) is 11.1 Å². The van der Waals surface area contributed by atoms with Gasteiger partial charge >= 0.3 is 5.97 Å². The van der Waals surface area contributed by atoms with E-state index in [0.29, 0.717) is 18.7 Å². The highest BCUT2D eigenvalue weighted by Gasteiger charge is 2.55. The van der Waals surface area contributed by atoms with Gasteiger partial charge in [0.25, 0.3) is 0 Å². The van der Waals surface area contributed by atoms with Gasteiger partial charge in [-0.2, -0.15) is 0 Å². The van der Waals surface area contributed by atoms with Crippen molar-refractivity contribution in [2.24, 2.45) is 11.8 Å². The van der Waals surface area contributed by atoms with Gasteiger partial charge in [-0.15, -0.1) is 0 Å². The number of rotatable bonds is 6. The molecular formula is C25H27NO4. The van der Waals surface area contributed by atoms with Gasteiger partial charge in [-0.05, 0) is 37.5 Å². The van der Waals surface area contributed by atoms with Crippen LogP contribution in [0, 0.1) is 11.8 Å². The molecule has 4 atom stereocenters. The first-order valence-electron chi connectivity index (χ1n) is 10.5. The number of carbonyl (C=O) groups excluding carboxylic acids is 2. The van der Waals surface area contributed by atoms with E-state index in [9.17, 15) is 9.59 Å². The summed E-state index contributed by atoms with van der Waals surface area (Å²) < 4.78 is 11.2. The second-order valence-electron chi connectivity index (χ2n) is 7.88. The Morgan fingerprint density at radius 1 is 1.03 bits per heavy atom. The van der Waals surface area contributed by atoms with Crippen molar-refractivity contribution in [1.82, 2.24) is 4.90 Å². The molecular weight excluding hydrogens is 378 g/mol. The van der Waals surface area contributed by atoms with Gasteiger partial charge in [-0.3, -0.25) is 4.79 Å². The molecule has 5 nitrogen and oxygen atoms in total. The van der Waals surface area contributed by atoms with Crippen LogP contribution in [0.3, 0.4) is 0 Å². The lowest BCUT2D eigenvalue weighted by molar-refractivity contribution is -0.160. The van der Waals surface area contributed by atoms with Gasteiger partial charge in [0.1, 0.15) is 0 Å². The van der Waals surface area contributed by atoms with Crippen LogP contribution in [0.1, 0.15) is 25.0 Å². The molecule has 0 bridgehead atoms. The largest absolute Gasteiger partial charge is 0.483 e. The second-order valence-corrected chi connectivity index (χ2v) is 7.88. The molecule has 0 aliphatic carbocycles. The fourth-order valence-electron chi connectivity index (χ4n) is 4.62. The predicted molar refractivity (Wildman–Crippen MR) is 113 cm³/mol. The smallest absolute Gasteiger partial charge is 0.347 e. The van der Waals surface area contributed by atoms with Crippen LogP contribution < -0.4 is 0 Å². The Morgan fingerprint density at radius 3 is 2.30 bits per heavy atom. The van der Waals surface area contributed by atoms with Gasteiger partial charge in [-0.25, -0.2) is 4.79 Å². The summed E-state index contributed by atoms with van der Waals surface area (Å²) in [6.07, 6.45) is 1.75. The Balaban J connectivity index is 1.72. The Labute approximate surface area is 177 Å². The summed E-state index contributed by atoms with van der Waals surface area (Å²) in [7, 11) is 0. The van der Waals surface area contributed by atoms with E-state index < -0.39 is 12.1 Å². The number of benzene rings is 2. The molecule has 1 saturated heterocycles. The van der Waals surface area contributed by atoms with Gasteiger partial charge in [0.15, 0.2) is 0 Å². The molecule has 2 heterocycles. The van der Waals surface area contributed by atoms with Crippen LogP contribution in [0.5, 0.6) is 0 Å². The number of ether oxygens (including phenoxy) is 2. The molecule has 2 aliphatic rings. The summed E-state index contributed by atoms with van der Waals surface area (Å²) in [6, 6.07) is 19.9. The maximum atomic E-state index is 13.5. The third-order valence-corrected chi connectivity index (χ3v) is 5.91. The van der Waals surface area contributed by atoms with Gasteiger partial charge in [-0.1, -0.05) is 60.7 Å². The maximum absolute atomic E-state index is 13.5. The van der Waals surface area contributed by atoms with Crippen LogP contribution in [0.15, 0.2) is 72.5 Å². The number of esters is 1. The average Bonchev–Trinajstić information content (AvgIpc) is 3.00. The summed E-state index contributed by atoms with van der Waals surface area (Å²) in [5.41, 5.74) is 2.19. The van der Waals surface area contributed by atoms with Crippen LogP contribution in [-0.4, -0.2) is 35.5 Å². The van der Waals surface area contributed by atoms with Crippen molar-refractivity contribution in [2.75, 3.05) is 6.61 Å². The summed E-state index contributed by atoms with van der Waals surface area (Å²) >= 11 is 0. The number of hydrogen-bond donors (Lipinski definition) is 0. The molecule has 4 rings (SSSR count). The number of amides is 1. The highest BCUT2D eigenvalue weighted by molar-refractivity contribution is 5.87. The standard InChI is InChI=1S/C25H27NO4/c1-3-29-25(28)23-22-20(14-17(2)30-23)24(27)26(16-19-12-8-5-9-13-19)21(22)15-18-10-6-4-7-11-18/h4-14,20-23H,3,15-16H2,1-2H3. The molecule has 1 fully saturated rings. The minimum Gasteiger partial charge on any atom is -0.483 e. The number of hydrogen-bond acceptors (Lipinski definition) is 4. The van der Waals surface area contributed by atoms with E-state index in [1.165, 1.54) is 0 Å². The fourth-order valence-corrected chi connectivity index (χ4v) is 4.62. The number of carbonyl (C=O) groups is 2. The lowest BCUT2D eigenvalue weighted by atomic mass is 9.81. The van der Waals surface area contributed by atoms with Gasteiger partial charge < -0.3 is 14.4 Å². The monoisotopic (exact) mass is 405 g/mol. The summed E-state index contributed by atoms with van der Waals surface area (Å²) in [5, 5.41) is 0. The highest BCUT2D eigenvalue weighted by Crippen LogP contribution is 2.42. The molecule has 0 spiro atoms. The topological polar surface area (TPSA) is 55.8 Å². The Morgan fingerprint density at radius 2 is 1.67 bits per heavy atom. The van der Waals surface area contributed by atoms with E-state index >= 15 is 0 Å². The number of allylic oxidation sites excluding steroid dienone is 1. The average molecular weight is 405 g/mol. The SMILES string of the molecule is CCOC(=O)C1OC(C)=CC2C(=O)N(Cc3ccccc3)C(Cc3ccccc3)C21. The van der Waals surface area contributed by atoms with E-state index in [1.54, 1.807) is 13.8 Å². The van der Waals surface area contributed by atoms with E-state index in [4.69, 9.17) is 9.47 Å². The van der Waals surface area contributed by atoms with E-state index in [1.807, 2.05) is 59.5 Å². The van der Waals surface area contributed by atoms with Gasteiger partial charge in [0.2, 0.25) is 12.0 Å². The first-order chi connectivity index (χ1) is 14.6. The third-order valence-electron chi connectivity index (χ3n) is 5.91. The number of nitrogens with zero attached hydrogens (tertiary/aromatic N) is 1. The lowest BCUT2D eigenvalue weighted by Gasteiger charge is -2.34. The first kappa shape index (κ1) is 20.2. The first-order valence-corrected chi connectivity index (χ1v) is 10.5. The summed E-state index contributed by atoms with van der Waals surface area (Å²) in [5.74, 6) is -0.425. The Hall–Kier alpha value is -3.08. The minimum absolute atomic E-state index is 0.0433. The summed E-state index contributed by atoms with van der Waals surface area (Å²) in [6.45, 7) is 4.36.